The Morgan fingerprint density at radius 3 is 1.11 bits per heavy atom. The van der Waals surface area contributed by atoms with Gasteiger partial charge in [-0.15, -0.1) is 0 Å². The largest absolute Gasteiger partial charge is 0.293 e. The van der Waals surface area contributed by atoms with Crippen LogP contribution in [0, 0.1) is 0 Å². The van der Waals surface area contributed by atoms with E-state index in [1.807, 2.05) is 48.5 Å². The summed E-state index contributed by atoms with van der Waals surface area (Å²) in [6, 6.07) is 49.8. The molecule has 0 spiro atoms. The molecule has 0 aliphatic heterocycles. The highest BCUT2D eigenvalue weighted by Gasteiger charge is 2.46. The zero-order valence-corrected chi connectivity index (χ0v) is 24.8. The smallest absolute Gasteiger partial charge is 0.172 e. The highest BCUT2D eigenvalue weighted by atomic mass is 16.1. The molecule has 0 N–H and O–H groups in total. The van der Waals surface area contributed by atoms with Gasteiger partial charge in [-0.05, 0) is 76.5 Å². The van der Waals surface area contributed by atoms with Crippen molar-refractivity contribution in [2.24, 2.45) is 0 Å². The summed E-state index contributed by atoms with van der Waals surface area (Å²) in [6.07, 6.45) is 0. The van der Waals surface area contributed by atoms with Gasteiger partial charge < -0.3 is 0 Å². The van der Waals surface area contributed by atoms with Gasteiger partial charge in [0.25, 0.3) is 0 Å². The normalized spacial score (nSPS) is 16.8. The minimum absolute atomic E-state index is 0.00413. The van der Waals surface area contributed by atoms with Crippen LogP contribution >= 0.6 is 0 Å². The van der Waals surface area contributed by atoms with Crippen LogP contribution in [0.25, 0.3) is 65.3 Å². The molecule has 0 heterocycles. The molecule has 2 aliphatic rings. The van der Waals surface area contributed by atoms with Crippen molar-refractivity contribution in [1.29, 1.82) is 0 Å². The third-order valence-electron chi connectivity index (χ3n) is 10.4. The van der Waals surface area contributed by atoms with Gasteiger partial charge in [-0.25, -0.2) is 0 Å². The maximum Gasteiger partial charge on any atom is 0.172 e. The summed E-state index contributed by atoms with van der Waals surface area (Å²) in [7, 11) is 0. The van der Waals surface area contributed by atoms with Crippen LogP contribution in [0.1, 0.15) is 43.7 Å². The van der Waals surface area contributed by atoms with E-state index in [1.165, 1.54) is 0 Å². The van der Waals surface area contributed by atoms with Crippen LogP contribution < -0.4 is 0 Å². The lowest BCUT2D eigenvalue weighted by molar-refractivity contribution is 0.0865. The molecular formula is C44H26O2. The van der Waals surface area contributed by atoms with E-state index in [-0.39, 0.29) is 11.6 Å². The van der Waals surface area contributed by atoms with E-state index in [1.54, 1.807) is 0 Å². The zero-order chi connectivity index (χ0) is 30.5. The first-order chi connectivity index (χ1) is 22.7. The number of hydrogen-bond acceptors (Lipinski definition) is 2. The van der Waals surface area contributed by atoms with Gasteiger partial charge in [0.2, 0.25) is 0 Å². The molecule has 10 rings (SSSR count). The number of hydrogen-bond donors (Lipinski definition) is 0. The molecule has 214 valence electrons. The van der Waals surface area contributed by atoms with Gasteiger partial charge in [-0.1, -0.05) is 146 Å². The number of Topliss-reactive ketones (excluding diaryl/α,β-unsaturated/α-hetero) is 2. The van der Waals surface area contributed by atoms with E-state index < -0.39 is 11.8 Å². The minimum Gasteiger partial charge on any atom is -0.293 e. The molecule has 2 nitrogen and oxygen atoms in total. The number of rotatable bonds is 1. The van der Waals surface area contributed by atoms with Crippen molar-refractivity contribution in [3.63, 3.8) is 0 Å². The Balaban J connectivity index is 1.40. The van der Waals surface area contributed by atoms with Crippen LogP contribution in [0.5, 0.6) is 0 Å². The quantitative estimate of drug-likeness (QED) is 0.179. The number of benzene rings is 8. The van der Waals surface area contributed by atoms with Crippen LogP contribution in [0.15, 0.2) is 146 Å². The van der Waals surface area contributed by atoms with Crippen molar-refractivity contribution in [2.75, 3.05) is 0 Å². The summed E-state index contributed by atoms with van der Waals surface area (Å²) in [4.78, 5) is 30.3. The molecule has 0 amide bonds. The fraction of sp³-hybridized carbons (Fsp3) is 0.0455. The van der Waals surface area contributed by atoms with Crippen molar-refractivity contribution in [2.45, 2.75) is 11.8 Å². The van der Waals surface area contributed by atoms with Crippen LogP contribution in [-0.2, 0) is 0 Å². The van der Waals surface area contributed by atoms with E-state index in [4.69, 9.17) is 0 Å². The molecule has 0 bridgehead atoms. The standard InChI is InChI=1S/C44H26O2/c45-43-35-15-7-5-13-31(35)33-23-21-27-19-17-25-9-1-3-11-29(25)37(27)39(33)41(43)42-40-34(32-14-6-8-16-36(32)44(42)46)24-22-28-20-18-26-10-2-4-12-30(26)38(28)40/h1-24,41-42H/t41-,42+. The van der Waals surface area contributed by atoms with E-state index in [9.17, 15) is 0 Å². The van der Waals surface area contributed by atoms with Crippen molar-refractivity contribution >= 4 is 54.7 Å². The summed E-state index contributed by atoms with van der Waals surface area (Å²) in [6.45, 7) is 0. The highest BCUT2D eigenvalue weighted by molar-refractivity contribution is 6.24. The molecule has 0 aromatic heterocycles. The predicted octanol–water partition coefficient (Wildman–Crippen LogP) is 10.9. The SMILES string of the molecule is O=C1c2ccccc2-c2ccc3ccc4ccccc4c3c2[C@@H]1[C@H]1C(=O)c2ccccc2-c2ccc3ccc4ccccc4c3c21. The molecule has 2 aliphatic carbocycles. The fourth-order valence-corrected chi connectivity index (χ4v) is 8.47. The Morgan fingerprint density at radius 2 is 0.652 bits per heavy atom. The Labute approximate surface area is 265 Å². The second kappa shape index (κ2) is 9.32. The van der Waals surface area contributed by atoms with Crippen LogP contribution in [-0.4, -0.2) is 11.6 Å². The molecule has 46 heavy (non-hydrogen) atoms. The lowest BCUT2D eigenvalue weighted by Gasteiger charge is -2.37. The summed E-state index contributed by atoms with van der Waals surface area (Å²) >= 11 is 0. The summed E-state index contributed by atoms with van der Waals surface area (Å²) in [5, 5.41) is 8.69. The molecule has 0 saturated heterocycles. The summed E-state index contributed by atoms with van der Waals surface area (Å²) < 4.78 is 0. The number of carbonyl (C=O) groups is 2. The van der Waals surface area contributed by atoms with Crippen LogP contribution in [0.2, 0.25) is 0 Å². The lowest BCUT2D eigenvalue weighted by Crippen LogP contribution is -2.32. The second-order valence-corrected chi connectivity index (χ2v) is 12.6. The fourth-order valence-electron chi connectivity index (χ4n) is 8.47. The van der Waals surface area contributed by atoms with E-state index >= 15 is 9.59 Å². The Bertz CT molecular complexity index is 2460. The Hall–Kier alpha value is -5.86. The van der Waals surface area contributed by atoms with Crippen molar-refractivity contribution in [3.8, 4) is 22.3 Å². The van der Waals surface area contributed by atoms with Gasteiger partial charge in [-0.2, -0.15) is 0 Å². The zero-order valence-electron chi connectivity index (χ0n) is 24.8. The summed E-state index contributed by atoms with van der Waals surface area (Å²) in [5.74, 6) is -1.40. The van der Waals surface area contributed by atoms with E-state index in [2.05, 4.69) is 97.1 Å². The summed E-state index contributed by atoms with van der Waals surface area (Å²) in [5.41, 5.74) is 7.19. The molecule has 0 fully saturated rings. The molecule has 8 aromatic carbocycles. The van der Waals surface area contributed by atoms with Gasteiger partial charge in [0.05, 0.1) is 11.8 Å². The van der Waals surface area contributed by atoms with E-state index in [0.29, 0.717) is 11.1 Å². The van der Waals surface area contributed by atoms with Crippen LogP contribution in [0.4, 0.5) is 0 Å². The maximum atomic E-state index is 15.2. The Morgan fingerprint density at radius 1 is 0.304 bits per heavy atom. The van der Waals surface area contributed by atoms with E-state index in [0.717, 1.165) is 76.5 Å². The third kappa shape index (κ3) is 3.31. The van der Waals surface area contributed by atoms with Gasteiger partial charge in [0.15, 0.2) is 11.6 Å². The molecular weight excluding hydrogens is 560 g/mol. The third-order valence-corrected chi connectivity index (χ3v) is 10.4. The molecule has 2 heteroatoms. The second-order valence-electron chi connectivity index (χ2n) is 12.6. The van der Waals surface area contributed by atoms with Crippen molar-refractivity contribution < 1.29 is 9.59 Å². The van der Waals surface area contributed by atoms with Gasteiger partial charge in [0.1, 0.15) is 0 Å². The first-order valence-corrected chi connectivity index (χ1v) is 15.8. The number of ketones is 2. The topological polar surface area (TPSA) is 34.1 Å². The highest BCUT2D eigenvalue weighted by Crippen LogP contribution is 2.55. The number of fused-ring (bicyclic) bond motifs is 14. The lowest BCUT2D eigenvalue weighted by atomic mass is 9.63. The van der Waals surface area contributed by atoms with Gasteiger partial charge >= 0.3 is 0 Å². The first kappa shape index (κ1) is 25.5. The molecule has 8 aromatic rings. The minimum atomic E-state index is -0.705. The average Bonchev–Trinajstić information content (AvgIpc) is 3.12. The Kier molecular flexibility index (Phi) is 5.16. The maximum absolute atomic E-state index is 15.2. The van der Waals surface area contributed by atoms with Crippen molar-refractivity contribution in [3.05, 3.63) is 168 Å². The van der Waals surface area contributed by atoms with Gasteiger partial charge in [0, 0.05) is 11.1 Å². The van der Waals surface area contributed by atoms with Crippen LogP contribution in [0.3, 0.4) is 0 Å². The first-order valence-electron chi connectivity index (χ1n) is 15.8. The molecule has 0 radical (unpaired) electrons. The number of carbonyl (C=O) groups excluding carboxylic acids is 2. The van der Waals surface area contributed by atoms with Crippen molar-refractivity contribution in [1.82, 2.24) is 0 Å². The molecule has 0 saturated carbocycles. The molecule has 0 unspecified atom stereocenters. The van der Waals surface area contributed by atoms with Gasteiger partial charge in [-0.3, -0.25) is 9.59 Å². The average molecular weight is 587 g/mol. The molecule has 2 atom stereocenters. The monoisotopic (exact) mass is 586 g/mol. The predicted molar refractivity (Wildman–Crippen MR) is 188 cm³/mol.